The summed E-state index contributed by atoms with van der Waals surface area (Å²) in [5.74, 6) is 0. The summed E-state index contributed by atoms with van der Waals surface area (Å²) >= 11 is 1.65. The van der Waals surface area contributed by atoms with E-state index in [-0.39, 0.29) is 11.4 Å². The Balaban J connectivity index is 2.67. The fraction of sp³-hybridized carbons (Fsp3) is 0.615. The second-order valence-corrected chi connectivity index (χ2v) is 5.68. The third kappa shape index (κ3) is 4.30. The van der Waals surface area contributed by atoms with Crippen molar-refractivity contribution in [1.82, 2.24) is 10.3 Å². The van der Waals surface area contributed by atoms with E-state index in [0.717, 1.165) is 17.0 Å². The number of nitrogens with zero attached hydrogens (tertiary/aromatic N) is 1. The van der Waals surface area contributed by atoms with Gasteiger partial charge in [0.1, 0.15) is 0 Å². The molecule has 1 rings (SSSR count). The van der Waals surface area contributed by atoms with E-state index in [0.29, 0.717) is 6.04 Å². The van der Waals surface area contributed by atoms with Gasteiger partial charge in [0.25, 0.3) is 0 Å². The Labute approximate surface area is 108 Å². The lowest BCUT2D eigenvalue weighted by Gasteiger charge is -2.16. The van der Waals surface area contributed by atoms with Crippen LogP contribution in [0.25, 0.3) is 0 Å². The predicted molar refractivity (Wildman–Crippen MR) is 73.3 cm³/mol. The minimum Gasteiger partial charge on any atom is -0.392 e. The van der Waals surface area contributed by atoms with E-state index in [1.54, 1.807) is 11.8 Å². The van der Waals surface area contributed by atoms with Crippen molar-refractivity contribution in [3.8, 4) is 0 Å². The summed E-state index contributed by atoms with van der Waals surface area (Å²) in [4.78, 5) is 5.57. The molecule has 1 aromatic rings. The van der Waals surface area contributed by atoms with E-state index in [1.165, 1.54) is 0 Å². The van der Waals surface area contributed by atoms with Crippen LogP contribution in [0.5, 0.6) is 0 Å². The molecule has 0 aliphatic carbocycles. The zero-order chi connectivity index (χ0) is 12.8. The first-order valence-electron chi connectivity index (χ1n) is 6.06. The van der Waals surface area contributed by atoms with Crippen LogP contribution in [0, 0.1) is 0 Å². The zero-order valence-corrected chi connectivity index (χ0v) is 11.8. The third-order valence-electron chi connectivity index (χ3n) is 2.87. The highest BCUT2D eigenvalue weighted by Gasteiger charge is 2.12. The largest absolute Gasteiger partial charge is 0.392 e. The average molecular weight is 254 g/mol. The van der Waals surface area contributed by atoms with Crippen LogP contribution >= 0.6 is 11.8 Å². The van der Waals surface area contributed by atoms with Gasteiger partial charge in [-0.05, 0) is 32.5 Å². The molecule has 3 unspecified atom stereocenters. The number of hydrogen-bond donors (Lipinski definition) is 2. The van der Waals surface area contributed by atoms with Crippen LogP contribution in [0.4, 0.5) is 0 Å². The topological polar surface area (TPSA) is 45.1 Å². The van der Waals surface area contributed by atoms with Crippen molar-refractivity contribution >= 4 is 11.8 Å². The third-order valence-corrected chi connectivity index (χ3v) is 4.15. The summed E-state index contributed by atoms with van der Waals surface area (Å²) in [6.07, 6.45) is 2.61. The molecule has 0 bridgehead atoms. The SMILES string of the molecule is CCC(NC)c1ccc(SC(C)C(C)O)cn1. The van der Waals surface area contributed by atoms with Gasteiger partial charge in [-0.25, -0.2) is 0 Å². The maximum atomic E-state index is 9.45. The summed E-state index contributed by atoms with van der Waals surface area (Å²) in [5.41, 5.74) is 1.07. The number of nitrogens with one attached hydrogen (secondary N) is 1. The van der Waals surface area contributed by atoms with Crippen LogP contribution < -0.4 is 5.32 Å². The lowest BCUT2D eigenvalue weighted by Crippen LogP contribution is -2.17. The molecular weight excluding hydrogens is 232 g/mol. The van der Waals surface area contributed by atoms with Gasteiger partial charge in [0, 0.05) is 22.4 Å². The quantitative estimate of drug-likeness (QED) is 0.766. The van der Waals surface area contributed by atoms with Crippen LogP contribution in [0.15, 0.2) is 23.2 Å². The zero-order valence-electron chi connectivity index (χ0n) is 11.0. The molecule has 1 heterocycles. The monoisotopic (exact) mass is 254 g/mol. The van der Waals surface area contributed by atoms with Crippen LogP contribution in [0.1, 0.15) is 38.9 Å². The minimum absolute atomic E-state index is 0.189. The minimum atomic E-state index is -0.305. The van der Waals surface area contributed by atoms with E-state index in [2.05, 4.69) is 29.4 Å². The van der Waals surface area contributed by atoms with E-state index in [4.69, 9.17) is 0 Å². The number of hydrogen-bond acceptors (Lipinski definition) is 4. The van der Waals surface area contributed by atoms with E-state index in [1.807, 2.05) is 27.1 Å². The Morgan fingerprint density at radius 1 is 1.41 bits per heavy atom. The molecular formula is C13H22N2OS. The Kier molecular flexibility index (Phi) is 5.95. The van der Waals surface area contributed by atoms with Gasteiger partial charge < -0.3 is 10.4 Å². The fourth-order valence-electron chi connectivity index (χ4n) is 1.54. The molecule has 3 atom stereocenters. The Hall–Kier alpha value is -0.580. The molecule has 2 N–H and O–H groups in total. The first-order valence-corrected chi connectivity index (χ1v) is 6.94. The van der Waals surface area contributed by atoms with Gasteiger partial charge in [-0.3, -0.25) is 4.98 Å². The normalized spacial score (nSPS) is 16.5. The van der Waals surface area contributed by atoms with E-state index < -0.39 is 0 Å². The molecule has 3 nitrogen and oxygen atoms in total. The maximum Gasteiger partial charge on any atom is 0.0631 e. The van der Waals surface area contributed by atoms with Gasteiger partial charge in [-0.1, -0.05) is 13.8 Å². The van der Waals surface area contributed by atoms with Crippen molar-refractivity contribution in [2.24, 2.45) is 0 Å². The number of rotatable bonds is 6. The van der Waals surface area contributed by atoms with Gasteiger partial charge in [-0.2, -0.15) is 0 Å². The molecule has 0 saturated carbocycles. The lowest BCUT2D eigenvalue weighted by molar-refractivity contribution is 0.196. The average Bonchev–Trinajstić information content (AvgIpc) is 2.32. The van der Waals surface area contributed by atoms with Gasteiger partial charge in [0.05, 0.1) is 11.8 Å². The molecule has 0 radical (unpaired) electrons. The van der Waals surface area contributed by atoms with Crippen molar-refractivity contribution in [2.45, 2.75) is 49.5 Å². The number of aliphatic hydroxyl groups is 1. The van der Waals surface area contributed by atoms with Crippen LogP contribution in [0.3, 0.4) is 0 Å². The highest BCUT2D eigenvalue weighted by molar-refractivity contribution is 8.00. The molecule has 0 saturated heterocycles. The van der Waals surface area contributed by atoms with Crippen molar-refractivity contribution in [2.75, 3.05) is 7.05 Å². The van der Waals surface area contributed by atoms with Crippen molar-refractivity contribution in [3.63, 3.8) is 0 Å². The summed E-state index contributed by atoms with van der Waals surface area (Å²) in [6.45, 7) is 5.97. The molecule has 0 fully saturated rings. The highest BCUT2D eigenvalue weighted by atomic mass is 32.2. The Morgan fingerprint density at radius 2 is 2.12 bits per heavy atom. The Morgan fingerprint density at radius 3 is 2.53 bits per heavy atom. The smallest absolute Gasteiger partial charge is 0.0631 e. The molecule has 96 valence electrons. The van der Waals surface area contributed by atoms with Gasteiger partial charge in [0.2, 0.25) is 0 Å². The summed E-state index contributed by atoms with van der Waals surface area (Å²) < 4.78 is 0. The first-order chi connectivity index (χ1) is 8.08. The molecule has 0 amide bonds. The molecule has 17 heavy (non-hydrogen) atoms. The molecule has 0 spiro atoms. The molecule has 0 aliphatic heterocycles. The lowest BCUT2D eigenvalue weighted by atomic mass is 10.1. The van der Waals surface area contributed by atoms with Crippen molar-refractivity contribution in [3.05, 3.63) is 24.0 Å². The predicted octanol–water partition coefficient (Wildman–Crippen LogP) is 2.61. The highest BCUT2D eigenvalue weighted by Crippen LogP contribution is 2.25. The fourth-order valence-corrected chi connectivity index (χ4v) is 2.43. The van der Waals surface area contributed by atoms with Crippen molar-refractivity contribution < 1.29 is 5.11 Å². The van der Waals surface area contributed by atoms with Gasteiger partial charge in [0.15, 0.2) is 0 Å². The number of pyridine rings is 1. The maximum absolute atomic E-state index is 9.45. The number of thioether (sulfide) groups is 1. The summed E-state index contributed by atoms with van der Waals surface area (Å²) in [6, 6.07) is 4.46. The van der Waals surface area contributed by atoms with E-state index >= 15 is 0 Å². The van der Waals surface area contributed by atoms with Crippen LogP contribution in [-0.2, 0) is 0 Å². The molecule has 0 aliphatic rings. The first kappa shape index (κ1) is 14.5. The molecule has 1 aromatic heterocycles. The second kappa shape index (κ2) is 6.99. The van der Waals surface area contributed by atoms with Crippen molar-refractivity contribution in [1.29, 1.82) is 0 Å². The van der Waals surface area contributed by atoms with Gasteiger partial charge >= 0.3 is 0 Å². The van der Waals surface area contributed by atoms with E-state index in [9.17, 15) is 5.11 Å². The van der Waals surface area contributed by atoms with Crippen LogP contribution in [-0.4, -0.2) is 28.5 Å². The summed E-state index contributed by atoms with van der Waals surface area (Å²) in [7, 11) is 1.95. The summed E-state index contributed by atoms with van der Waals surface area (Å²) in [5, 5.41) is 12.9. The van der Waals surface area contributed by atoms with Gasteiger partial charge in [-0.15, -0.1) is 11.8 Å². The standard InChI is InChI=1S/C13H22N2OS/c1-5-12(14-4)13-7-6-11(8-15-13)17-10(3)9(2)16/h6-10,12,14,16H,5H2,1-4H3. The number of aliphatic hydroxyl groups excluding tert-OH is 1. The molecule has 4 heteroatoms. The number of aromatic nitrogens is 1. The Bertz CT molecular complexity index is 323. The second-order valence-electron chi connectivity index (χ2n) is 4.23. The molecule has 0 aromatic carbocycles. The van der Waals surface area contributed by atoms with Crippen LogP contribution in [0.2, 0.25) is 0 Å².